The number of halogens is 3. The Balaban J connectivity index is 1.60. The summed E-state index contributed by atoms with van der Waals surface area (Å²) < 4.78 is 51.0. The van der Waals surface area contributed by atoms with Crippen molar-refractivity contribution < 1.29 is 37.0 Å². The van der Waals surface area contributed by atoms with Crippen molar-refractivity contribution in [3.05, 3.63) is 59.9 Å². The van der Waals surface area contributed by atoms with Gasteiger partial charge < -0.3 is 19.5 Å². The molecule has 0 aliphatic heterocycles. The lowest BCUT2D eigenvalue weighted by Crippen LogP contribution is -2.31. The van der Waals surface area contributed by atoms with Crippen LogP contribution in [0, 0.1) is 5.82 Å². The number of hydrogen-bond donors (Lipinski definition) is 1. The van der Waals surface area contributed by atoms with Crippen molar-refractivity contribution >= 4 is 11.9 Å². The summed E-state index contributed by atoms with van der Waals surface area (Å²) in [5, 5.41) is 2.56. The van der Waals surface area contributed by atoms with Gasteiger partial charge in [0.2, 0.25) is 0 Å². The Morgan fingerprint density at radius 3 is 2.21 bits per heavy atom. The van der Waals surface area contributed by atoms with Crippen molar-refractivity contribution in [1.29, 1.82) is 0 Å². The number of amides is 1. The molecule has 0 spiro atoms. The normalized spacial score (nSPS) is 10.4. The number of rotatable bonds is 10. The Morgan fingerprint density at radius 2 is 1.57 bits per heavy atom. The average molecular weight is 397 g/mol. The Bertz CT molecular complexity index is 766. The molecule has 28 heavy (non-hydrogen) atoms. The van der Waals surface area contributed by atoms with Crippen molar-refractivity contribution in [1.82, 2.24) is 5.32 Å². The van der Waals surface area contributed by atoms with E-state index in [1.807, 2.05) is 0 Å². The van der Waals surface area contributed by atoms with Gasteiger partial charge in [0, 0.05) is 6.54 Å². The van der Waals surface area contributed by atoms with Gasteiger partial charge in [-0.15, -0.1) is 0 Å². The lowest BCUT2D eigenvalue weighted by Gasteiger charge is -2.08. The van der Waals surface area contributed by atoms with E-state index in [0.29, 0.717) is 12.2 Å². The van der Waals surface area contributed by atoms with E-state index in [1.165, 1.54) is 36.4 Å². The third kappa shape index (κ3) is 7.98. The maximum Gasteiger partial charge on any atom is 0.387 e. The lowest BCUT2D eigenvalue weighted by molar-refractivity contribution is -0.150. The zero-order chi connectivity index (χ0) is 20.4. The van der Waals surface area contributed by atoms with Gasteiger partial charge in [0.25, 0.3) is 5.91 Å². The fourth-order valence-electron chi connectivity index (χ4n) is 2.10. The molecule has 0 saturated carbocycles. The topological polar surface area (TPSA) is 73.9 Å². The van der Waals surface area contributed by atoms with E-state index in [-0.39, 0.29) is 12.3 Å². The molecule has 0 bridgehead atoms. The third-order valence-electron chi connectivity index (χ3n) is 3.42. The van der Waals surface area contributed by atoms with Crippen LogP contribution in [-0.2, 0) is 20.7 Å². The van der Waals surface area contributed by atoms with E-state index < -0.39 is 37.5 Å². The molecule has 9 heteroatoms. The van der Waals surface area contributed by atoms with Crippen LogP contribution in [0.15, 0.2) is 48.5 Å². The molecule has 0 saturated heterocycles. The highest BCUT2D eigenvalue weighted by molar-refractivity contribution is 5.80. The number of alkyl halides is 2. The predicted octanol–water partition coefficient (Wildman–Crippen LogP) is 2.71. The summed E-state index contributed by atoms with van der Waals surface area (Å²) in [5.74, 6) is -1.31. The first-order chi connectivity index (χ1) is 13.4. The Hall–Kier alpha value is -3.23. The van der Waals surface area contributed by atoms with Crippen molar-refractivity contribution in [2.75, 3.05) is 19.8 Å². The molecular formula is C19H18F3NO5. The largest absolute Gasteiger partial charge is 0.482 e. The quantitative estimate of drug-likeness (QED) is 0.624. The zero-order valence-corrected chi connectivity index (χ0v) is 14.7. The molecule has 2 aromatic carbocycles. The molecule has 150 valence electrons. The van der Waals surface area contributed by atoms with Crippen molar-refractivity contribution in [3.63, 3.8) is 0 Å². The van der Waals surface area contributed by atoms with Gasteiger partial charge in [-0.2, -0.15) is 8.78 Å². The summed E-state index contributed by atoms with van der Waals surface area (Å²) in [4.78, 5) is 23.2. The standard InChI is InChI=1S/C19H18F3NO5/c20-14-3-7-15(8-4-14)26-12-18(25)27-11-17(24)23-10-9-13-1-5-16(6-2-13)28-19(21)22/h1-8,19H,9-12H2,(H,23,24). The number of carbonyl (C=O) groups excluding carboxylic acids is 2. The van der Waals surface area contributed by atoms with Crippen LogP contribution in [0.4, 0.5) is 13.2 Å². The second kappa shape index (κ2) is 10.8. The summed E-state index contributed by atoms with van der Waals surface area (Å²) in [6.45, 7) is -3.48. The Morgan fingerprint density at radius 1 is 0.929 bits per heavy atom. The van der Waals surface area contributed by atoms with Gasteiger partial charge in [0.05, 0.1) is 0 Å². The minimum Gasteiger partial charge on any atom is -0.482 e. The summed E-state index contributed by atoms with van der Waals surface area (Å²) in [6.07, 6.45) is 0.461. The van der Waals surface area contributed by atoms with E-state index in [1.54, 1.807) is 12.1 Å². The maximum atomic E-state index is 12.7. The Kier molecular flexibility index (Phi) is 8.13. The number of ether oxygens (including phenoxy) is 3. The summed E-state index contributed by atoms with van der Waals surface area (Å²) in [6, 6.07) is 11.1. The Labute approximate surface area is 159 Å². The third-order valence-corrected chi connectivity index (χ3v) is 3.42. The SMILES string of the molecule is O=C(COC(=O)COc1ccc(F)cc1)NCCc1ccc(OC(F)F)cc1. The van der Waals surface area contributed by atoms with Gasteiger partial charge in [-0.3, -0.25) is 4.79 Å². The first kappa shape index (κ1) is 21.1. The molecule has 0 aliphatic carbocycles. The first-order valence-electron chi connectivity index (χ1n) is 8.27. The summed E-state index contributed by atoms with van der Waals surface area (Å²) >= 11 is 0. The lowest BCUT2D eigenvalue weighted by atomic mass is 10.1. The molecule has 0 fully saturated rings. The van der Waals surface area contributed by atoms with Gasteiger partial charge >= 0.3 is 12.6 Å². The molecule has 1 N–H and O–H groups in total. The van der Waals surface area contributed by atoms with E-state index in [2.05, 4.69) is 10.1 Å². The van der Waals surface area contributed by atoms with Crippen LogP contribution in [0.3, 0.4) is 0 Å². The van der Waals surface area contributed by atoms with Crippen molar-refractivity contribution in [2.24, 2.45) is 0 Å². The summed E-state index contributed by atoms with van der Waals surface area (Å²) in [7, 11) is 0. The molecule has 0 unspecified atom stereocenters. The smallest absolute Gasteiger partial charge is 0.387 e. The van der Waals surface area contributed by atoms with Crippen LogP contribution >= 0.6 is 0 Å². The van der Waals surface area contributed by atoms with Crippen LogP contribution in [0.1, 0.15) is 5.56 Å². The highest BCUT2D eigenvalue weighted by Gasteiger charge is 2.09. The van der Waals surface area contributed by atoms with Gasteiger partial charge in [-0.05, 0) is 48.4 Å². The number of carbonyl (C=O) groups is 2. The van der Waals surface area contributed by atoms with Crippen LogP contribution in [0.2, 0.25) is 0 Å². The second-order valence-corrected chi connectivity index (χ2v) is 5.53. The van der Waals surface area contributed by atoms with E-state index in [0.717, 1.165) is 5.56 Å². The number of hydrogen-bond acceptors (Lipinski definition) is 5. The highest BCUT2D eigenvalue weighted by atomic mass is 19.3. The molecule has 0 aliphatic rings. The van der Waals surface area contributed by atoms with Gasteiger partial charge in [0.15, 0.2) is 13.2 Å². The van der Waals surface area contributed by atoms with Crippen LogP contribution in [-0.4, -0.2) is 38.2 Å². The molecule has 2 aromatic rings. The van der Waals surface area contributed by atoms with Crippen molar-refractivity contribution in [2.45, 2.75) is 13.0 Å². The summed E-state index contributed by atoms with van der Waals surface area (Å²) in [5.41, 5.74) is 0.812. The molecule has 0 heterocycles. The fourth-order valence-corrected chi connectivity index (χ4v) is 2.10. The molecule has 2 rings (SSSR count). The molecule has 1 amide bonds. The number of esters is 1. The fraction of sp³-hybridized carbons (Fsp3) is 0.263. The second-order valence-electron chi connectivity index (χ2n) is 5.53. The molecule has 0 aromatic heterocycles. The number of nitrogens with one attached hydrogen (secondary N) is 1. The minimum atomic E-state index is -2.88. The average Bonchev–Trinajstić information content (AvgIpc) is 2.67. The van der Waals surface area contributed by atoms with E-state index in [4.69, 9.17) is 9.47 Å². The number of benzene rings is 2. The predicted molar refractivity (Wildman–Crippen MR) is 92.6 cm³/mol. The van der Waals surface area contributed by atoms with E-state index in [9.17, 15) is 22.8 Å². The first-order valence-corrected chi connectivity index (χ1v) is 8.27. The minimum absolute atomic E-state index is 0.0533. The van der Waals surface area contributed by atoms with Crippen LogP contribution in [0.25, 0.3) is 0 Å². The van der Waals surface area contributed by atoms with Crippen LogP contribution in [0.5, 0.6) is 11.5 Å². The monoisotopic (exact) mass is 397 g/mol. The van der Waals surface area contributed by atoms with Gasteiger partial charge in [-0.25, -0.2) is 9.18 Å². The molecule has 0 radical (unpaired) electrons. The molecule has 6 nitrogen and oxygen atoms in total. The van der Waals surface area contributed by atoms with E-state index >= 15 is 0 Å². The van der Waals surface area contributed by atoms with Crippen molar-refractivity contribution in [3.8, 4) is 11.5 Å². The highest BCUT2D eigenvalue weighted by Crippen LogP contribution is 2.15. The maximum absolute atomic E-state index is 12.7. The molecular weight excluding hydrogens is 379 g/mol. The zero-order valence-electron chi connectivity index (χ0n) is 14.7. The van der Waals surface area contributed by atoms with Gasteiger partial charge in [-0.1, -0.05) is 12.1 Å². The van der Waals surface area contributed by atoms with Crippen LogP contribution < -0.4 is 14.8 Å². The van der Waals surface area contributed by atoms with Gasteiger partial charge in [0.1, 0.15) is 17.3 Å². The molecule has 0 atom stereocenters.